The molecule has 0 aromatic heterocycles. The third-order valence-corrected chi connectivity index (χ3v) is 14.1. The summed E-state index contributed by atoms with van der Waals surface area (Å²) in [5.41, 5.74) is 0. The van der Waals surface area contributed by atoms with E-state index < -0.39 is 6.10 Å². The highest BCUT2D eigenvalue weighted by Gasteiger charge is 2.16. The summed E-state index contributed by atoms with van der Waals surface area (Å²) in [5, 5.41) is 9.70. The fraction of sp³-hybridized carbons (Fsp3) is 0.653. The van der Waals surface area contributed by atoms with E-state index in [-0.39, 0.29) is 25.2 Å². The van der Waals surface area contributed by atoms with Gasteiger partial charge in [-0.15, -0.1) is 0 Å². The minimum atomic E-state index is -0.783. The van der Waals surface area contributed by atoms with Crippen molar-refractivity contribution in [1.29, 1.82) is 0 Å². The molecule has 1 unspecified atom stereocenters. The predicted octanol–water partition coefficient (Wildman–Crippen LogP) is 23.3. The quantitative estimate of drug-likeness (QED) is 0.0373. The molecule has 0 aliphatic rings. The summed E-state index contributed by atoms with van der Waals surface area (Å²) >= 11 is 0. The highest BCUT2D eigenvalue weighted by atomic mass is 16.6. The van der Waals surface area contributed by atoms with Crippen molar-refractivity contribution in [1.82, 2.24) is 0 Å². The Kier molecular flexibility index (Phi) is 65.4. The average molecular weight is 1110 g/mol. The molecule has 0 heterocycles. The molecule has 0 bridgehead atoms. The molecule has 80 heavy (non-hydrogen) atoms. The summed E-state index contributed by atoms with van der Waals surface area (Å²) in [6.07, 6.45) is 104. The van der Waals surface area contributed by atoms with Crippen molar-refractivity contribution in [2.75, 3.05) is 13.2 Å². The van der Waals surface area contributed by atoms with Crippen LogP contribution in [-0.4, -0.2) is 36.4 Å². The van der Waals surface area contributed by atoms with Crippen molar-refractivity contribution in [2.24, 2.45) is 0 Å². The first-order valence-electron chi connectivity index (χ1n) is 33.4. The molecule has 0 rings (SSSR count). The lowest BCUT2D eigenvalue weighted by molar-refractivity contribution is -0.161. The Morgan fingerprint density at radius 1 is 0.287 bits per heavy atom. The molecule has 454 valence electrons. The van der Waals surface area contributed by atoms with Gasteiger partial charge in [-0.3, -0.25) is 9.59 Å². The van der Waals surface area contributed by atoms with Crippen LogP contribution in [0.2, 0.25) is 0 Å². The fourth-order valence-corrected chi connectivity index (χ4v) is 9.21. The van der Waals surface area contributed by atoms with E-state index in [9.17, 15) is 14.7 Å². The molecule has 0 saturated carbocycles. The Balaban J connectivity index is 3.50. The number of aliphatic hydroxyl groups excluding tert-OH is 1. The summed E-state index contributed by atoms with van der Waals surface area (Å²) in [4.78, 5) is 24.6. The van der Waals surface area contributed by atoms with Gasteiger partial charge in [0.05, 0.1) is 6.61 Å². The lowest BCUT2D eigenvalue weighted by atomic mass is 10.0. The van der Waals surface area contributed by atoms with Gasteiger partial charge in [-0.1, -0.05) is 314 Å². The van der Waals surface area contributed by atoms with Gasteiger partial charge >= 0.3 is 11.9 Å². The molecule has 0 spiro atoms. The molecular formula is C75H124O5. The monoisotopic (exact) mass is 1100 g/mol. The van der Waals surface area contributed by atoms with Crippen LogP contribution in [-0.2, 0) is 19.1 Å². The molecule has 0 aliphatic carbocycles. The Bertz CT molecular complexity index is 1680. The maximum Gasteiger partial charge on any atom is 0.306 e. The number of unbranched alkanes of at least 4 members (excludes halogenated alkanes) is 28. The van der Waals surface area contributed by atoms with E-state index in [4.69, 9.17) is 9.47 Å². The number of carbonyl (C=O) groups excluding carboxylic acids is 2. The van der Waals surface area contributed by atoms with Crippen LogP contribution in [0.1, 0.15) is 296 Å². The van der Waals surface area contributed by atoms with Crippen LogP contribution in [0.25, 0.3) is 0 Å². The first-order valence-corrected chi connectivity index (χ1v) is 33.4. The third-order valence-electron chi connectivity index (χ3n) is 14.1. The van der Waals surface area contributed by atoms with E-state index >= 15 is 0 Å². The molecule has 0 aromatic carbocycles. The topological polar surface area (TPSA) is 72.8 Å². The van der Waals surface area contributed by atoms with E-state index in [0.717, 1.165) is 116 Å². The Morgan fingerprint density at radius 3 is 0.750 bits per heavy atom. The highest BCUT2D eigenvalue weighted by molar-refractivity contribution is 5.70. The maximum absolute atomic E-state index is 12.4. The smallest absolute Gasteiger partial charge is 0.306 e. The molecule has 0 radical (unpaired) electrons. The number of rotatable bonds is 60. The average Bonchev–Trinajstić information content (AvgIpc) is 3.46. The third kappa shape index (κ3) is 66.3. The van der Waals surface area contributed by atoms with E-state index in [1.165, 1.54) is 154 Å². The van der Waals surface area contributed by atoms with Gasteiger partial charge in [0.2, 0.25) is 0 Å². The molecule has 1 N–H and O–H groups in total. The van der Waals surface area contributed by atoms with Gasteiger partial charge in [-0.05, 0) is 116 Å². The van der Waals surface area contributed by atoms with Crippen molar-refractivity contribution in [3.63, 3.8) is 0 Å². The second kappa shape index (κ2) is 69.1. The van der Waals surface area contributed by atoms with Crippen LogP contribution in [0.3, 0.4) is 0 Å². The minimum absolute atomic E-state index is 0.0732. The number of hydrogen-bond acceptors (Lipinski definition) is 5. The SMILES string of the molecule is CC/C=C\C/C=C\C/C=C\C/C=C\C/C=C\C/C=C\CCCCCCCCCCCCCCCCCCCCC(=O)OC(CO)COC(=O)CCCCCCCCCCCC/C=C\C/C=C\C/C=C\C/C=C\C/C=C\C/C=C\CC. The molecule has 0 fully saturated rings. The summed E-state index contributed by atoms with van der Waals surface area (Å²) in [6.45, 7) is 3.92. The predicted molar refractivity (Wildman–Crippen MR) is 352 cm³/mol. The van der Waals surface area contributed by atoms with E-state index in [1.54, 1.807) is 0 Å². The van der Waals surface area contributed by atoms with Crippen LogP contribution >= 0.6 is 0 Å². The number of allylic oxidation sites excluding steroid dienone is 24. The van der Waals surface area contributed by atoms with Crippen molar-refractivity contribution in [2.45, 2.75) is 302 Å². The van der Waals surface area contributed by atoms with Gasteiger partial charge in [-0.25, -0.2) is 0 Å². The van der Waals surface area contributed by atoms with Crippen molar-refractivity contribution < 1.29 is 24.2 Å². The molecule has 5 heteroatoms. The van der Waals surface area contributed by atoms with Gasteiger partial charge in [0.15, 0.2) is 6.10 Å². The summed E-state index contributed by atoms with van der Waals surface area (Å²) in [5.74, 6) is -0.593. The van der Waals surface area contributed by atoms with Crippen LogP contribution in [0.4, 0.5) is 0 Å². The summed E-state index contributed by atoms with van der Waals surface area (Å²) in [6, 6.07) is 0. The molecular weight excluding hydrogens is 981 g/mol. The summed E-state index contributed by atoms with van der Waals surface area (Å²) < 4.78 is 10.7. The Morgan fingerprint density at radius 2 is 0.500 bits per heavy atom. The van der Waals surface area contributed by atoms with Crippen LogP contribution in [0.5, 0.6) is 0 Å². The van der Waals surface area contributed by atoms with Gasteiger partial charge in [0.25, 0.3) is 0 Å². The van der Waals surface area contributed by atoms with Gasteiger partial charge < -0.3 is 14.6 Å². The number of ether oxygens (including phenoxy) is 2. The van der Waals surface area contributed by atoms with Gasteiger partial charge in [-0.2, -0.15) is 0 Å². The number of esters is 2. The number of hydrogen-bond donors (Lipinski definition) is 1. The molecule has 0 aromatic rings. The lowest BCUT2D eigenvalue weighted by Gasteiger charge is -2.15. The zero-order valence-corrected chi connectivity index (χ0v) is 52.0. The van der Waals surface area contributed by atoms with E-state index in [2.05, 4.69) is 160 Å². The van der Waals surface area contributed by atoms with Crippen molar-refractivity contribution in [3.8, 4) is 0 Å². The Hall–Kier alpha value is -4.22. The standard InChI is InChI=1S/C75H124O5/c1-3-5-7-9-11-13-15-17-19-21-23-25-27-29-31-33-34-35-36-37-38-39-40-42-44-46-48-50-52-54-56-58-60-62-64-66-68-70-75(78)80-73(71-76)72-79-74(77)69-67-65-63-61-59-57-55-53-51-49-47-45-43-41-32-30-28-26-24-22-20-18-16-14-12-10-8-6-4-2/h5-8,11-14,17-20,23-26,29-32,34-35,43,45,73,76H,3-4,9-10,15-16,21-22,27-28,33,36-42,44,46-72H2,1-2H3/b7-5-,8-6-,13-11-,14-12-,19-17-,20-18-,25-23-,26-24-,31-29-,32-30-,35-34-,45-43-. The zero-order valence-electron chi connectivity index (χ0n) is 52.0. The van der Waals surface area contributed by atoms with Gasteiger partial charge in [0, 0.05) is 12.8 Å². The largest absolute Gasteiger partial charge is 0.462 e. The lowest BCUT2D eigenvalue weighted by Crippen LogP contribution is -2.28. The zero-order chi connectivity index (χ0) is 57.6. The van der Waals surface area contributed by atoms with Crippen molar-refractivity contribution in [3.05, 3.63) is 146 Å². The molecule has 0 amide bonds. The molecule has 0 aliphatic heterocycles. The number of carbonyl (C=O) groups is 2. The van der Waals surface area contributed by atoms with E-state index in [0.29, 0.717) is 12.8 Å². The van der Waals surface area contributed by atoms with Gasteiger partial charge in [0.1, 0.15) is 6.61 Å². The van der Waals surface area contributed by atoms with Crippen LogP contribution in [0.15, 0.2) is 146 Å². The number of aliphatic hydroxyl groups is 1. The Labute approximate surface area is 495 Å². The van der Waals surface area contributed by atoms with Crippen LogP contribution < -0.4 is 0 Å². The van der Waals surface area contributed by atoms with Crippen LogP contribution in [0, 0.1) is 0 Å². The minimum Gasteiger partial charge on any atom is -0.462 e. The second-order valence-electron chi connectivity index (χ2n) is 21.8. The van der Waals surface area contributed by atoms with Crippen molar-refractivity contribution >= 4 is 11.9 Å². The molecule has 5 nitrogen and oxygen atoms in total. The first kappa shape index (κ1) is 75.8. The van der Waals surface area contributed by atoms with E-state index in [1.807, 2.05) is 0 Å². The summed E-state index contributed by atoms with van der Waals surface area (Å²) in [7, 11) is 0. The highest BCUT2D eigenvalue weighted by Crippen LogP contribution is 2.17. The molecule has 0 saturated heterocycles. The maximum atomic E-state index is 12.4. The normalized spacial score (nSPS) is 13.2. The molecule has 1 atom stereocenters. The first-order chi connectivity index (χ1) is 39.6. The fourth-order valence-electron chi connectivity index (χ4n) is 9.21. The second-order valence-corrected chi connectivity index (χ2v) is 21.8.